The van der Waals surface area contributed by atoms with Crippen LogP contribution in [0, 0.1) is 0 Å². The number of carbonyl (C=O) groups is 2. The third-order valence-corrected chi connectivity index (χ3v) is 3.82. The van der Waals surface area contributed by atoms with Gasteiger partial charge in [0.25, 0.3) is 5.91 Å². The summed E-state index contributed by atoms with van der Waals surface area (Å²) < 4.78 is 0. The van der Waals surface area contributed by atoms with E-state index in [-0.39, 0.29) is 5.71 Å². The third-order valence-electron chi connectivity index (χ3n) is 3.57. The molecule has 0 atom stereocenters. The largest absolute Gasteiger partial charge is 0.321 e. The zero-order chi connectivity index (χ0) is 18.4. The zero-order valence-electron chi connectivity index (χ0n) is 13.7. The predicted molar refractivity (Wildman–Crippen MR) is 104 cm³/mol. The van der Waals surface area contributed by atoms with Gasteiger partial charge in [0.05, 0.1) is 5.69 Å². The van der Waals surface area contributed by atoms with Crippen molar-refractivity contribution < 1.29 is 9.59 Å². The maximum absolute atomic E-state index is 12.8. The number of rotatable bonds is 5. The lowest BCUT2D eigenvalue weighted by Crippen LogP contribution is -2.30. The summed E-state index contributed by atoms with van der Waals surface area (Å²) >= 11 is 5.86. The second-order valence-corrected chi connectivity index (χ2v) is 5.89. The van der Waals surface area contributed by atoms with Gasteiger partial charge >= 0.3 is 0 Å². The molecule has 0 aliphatic carbocycles. The van der Waals surface area contributed by atoms with Crippen molar-refractivity contribution in [2.75, 3.05) is 5.32 Å². The van der Waals surface area contributed by atoms with Crippen molar-refractivity contribution in [3.8, 4) is 0 Å². The van der Waals surface area contributed by atoms with E-state index in [0.29, 0.717) is 22.0 Å². The lowest BCUT2D eigenvalue weighted by Gasteiger charge is -2.08. The number of hydrogen-bond acceptors (Lipinski definition) is 3. The van der Waals surface area contributed by atoms with Crippen LogP contribution < -0.4 is 5.32 Å². The number of Topliss-reactive ketones (excluding diaryl/α,β-unsaturated/α-hetero) is 1. The Morgan fingerprint density at radius 2 is 1.35 bits per heavy atom. The average Bonchev–Trinajstić information content (AvgIpc) is 2.69. The van der Waals surface area contributed by atoms with Crippen molar-refractivity contribution in [2.24, 2.45) is 4.99 Å². The van der Waals surface area contributed by atoms with Crippen molar-refractivity contribution in [2.45, 2.75) is 0 Å². The van der Waals surface area contributed by atoms with E-state index in [2.05, 4.69) is 10.3 Å². The number of ketones is 1. The first kappa shape index (κ1) is 17.6. The molecule has 5 heteroatoms. The van der Waals surface area contributed by atoms with Crippen molar-refractivity contribution in [3.05, 3.63) is 95.5 Å². The minimum atomic E-state index is -0.579. The number of aliphatic imine (C=N–C) groups is 1. The maximum atomic E-state index is 12.8. The molecule has 3 rings (SSSR count). The lowest BCUT2D eigenvalue weighted by atomic mass is 10.1. The van der Waals surface area contributed by atoms with Crippen LogP contribution in [0.3, 0.4) is 0 Å². The van der Waals surface area contributed by atoms with Crippen molar-refractivity contribution >= 4 is 40.4 Å². The van der Waals surface area contributed by atoms with Crippen molar-refractivity contribution in [1.82, 2.24) is 0 Å². The second-order valence-electron chi connectivity index (χ2n) is 5.45. The fraction of sp³-hybridized carbons (Fsp3) is 0. The molecule has 128 valence electrons. The van der Waals surface area contributed by atoms with Crippen molar-refractivity contribution in [3.63, 3.8) is 0 Å². The first-order chi connectivity index (χ1) is 12.6. The van der Waals surface area contributed by atoms with Gasteiger partial charge in [0.1, 0.15) is 0 Å². The molecule has 0 radical (unpaired) electrons. The molecule has 0 unspecified atom stereocenters. The van der Waals surface area contributed by atoms with Gasteiger partial charge in [0, 0.05) is 16.3 Å². The molecule has 4 nitrogen and oxygen atoms in total. The van der Waals surface area contributed by atoms with E-state index in [4.69, 9.17) is 11.6 Å². The van der Waals surface area contributed by atoms with Gasteiger partial charge in [-0.3, -0.25) is 9.59 Å². The smallest absolute Gasteiger partial charge is 0.278 e. The van der Waals surface area contributed by atoms with Crippen LogP contribution in [0.1, 0.15) is 10.4 Å². The predicted octanol–water partition coefficient (Wildman–Crippen LogP) is 4.93. The maximum Gasteiger partial charge on any atom is 0.278 e. The summed E-state index contributed by atoms with van der Waals surface area (Å²) in [6.45, 7) is 0. The van der Waals surface area contributed by atoms with Gasteiger partial charge in [-0.15, -0.1) is 0 Å². The highest BCUT2D eigenvalue weighted by Gasteiger charge is 2.22. The van der Waals surface area contributed by atoms with Gasteiger partial charge in [0.15, 0.2) is 5.71 Å². The summed E-state index contributed by atoms with van der Waals surface area (Å²) in [6.07, 6.45) is 0. The molecule has 0 bridgehead atoms. The Bertz CT molecular complexity index is 937. The van der Waals surface area contributed by atoms with Crippen LogP contribution in [-0.2, 0) is 4.79 Å². The molecule has 1 amide bonds. The Kier molecular flexibility index (Phi) is 5.56. The summed E-state index contributed by atoms with van der Waals surface area (Å²) in [7, 11) is 0. The first-order valence-electron chi connectivity index (χ1n) is 7.94. The van der Waals surface area contributed by atoms with Crippen molar-refractivity contribution in [1.29, 1.82) is 0 Å². The summed E-state index contributed by atoms with van der Waals surface area (Å²) in [6, 6.07) is 24.1. The number of carbonyl (C=O) groups excluding carboxylic acids is 2. The van der Waals surface area contributed by atoms with E-state index in [1.807, 2.05) is 6.07 Å². The molecule has 3 aromatic carbocycles. The van der Waals surface area contributed by atoms with E-state index in [1.165, 1.54) is 0 Å². The van der Waals surface area contributed by atoms with Crippen LogP contribution in [0.15, 0.2) is 89.9 Å². The summed E-state index contributed by atoms with van der Waals surface area (Å²) in [5, 5.41) is 3.25. The second kappa shape index (κ2) is 8.23. The Hall–Kier alpha value is -3.24. The Morgan fingerprint density at radius 1 is 0.769 bits per heavy atom. The molecule has 0 heterocycles. The quantitative estimate of drug-likeness (QED) is 0.397. The Labute approximate surface area is 156 Å². The summed E-state index contributed by atoms with van der Waals surface area (Å²) in [5.41, 5.74) is 1.27. The standard InChI is InChI=1S/C21H15ClN2O2/c22-16-11-13-18(14-12-16)24-21(26)19(23-17-9-5-2-6-10-17)20(25)15-7-3-1-4-8-15/h1-14H,(H,24,26). The highest BCUT2D eigenvalue weighted by Crippen LogP contribution is 2.16. The van der Waals surface area contributed by atoms with Gasteiger partial charge < -0.3 is 5.32 Å². The van der Waals surface area contributed by atoms with E-state index < -0.39 is 11.7 Å². The number of benzene rings is 3. The molecule has 1 N–H and O–H groups in total. The van der Waals surface area contributed by atoms with Crippen LogP contribution in [-0.4, -0.2) is 17.4 Å². The van der Waals surface area contributed by atoms with Crippen LogP contribution in [0.2, 0.25) is 5.02 Å². The summed E-state index contributed by atoms with van der Waals surface area (Å²) in [4.78, 5) is 29.8. The van der Waals surface area contributed by atoms with Crippen LogP contribution >= 0.6 is 11.6 Å². The van der Waals surface area contributed by atoms with Gasteiger partial charge in [-0.25, -0.2) is 4.99 Å². The third kappa shape index (κ3) is 4.43. The molecule has 0 aliphatic heterocycles. The van der Waals surface area contributed by atoms with E-state index in [0.717, 1.165) is 0 Å². The molecule has 0 spiro atoms. The molecule has 0 saturated carbocycles. The number of para-hydroxylation sites is 1. The minimum Gasteiger partial charge on any atom is -0.321 e. The number of nitrogens with one attached hydrogen (secondary N) is 1. The highest BCUT2D eigenvalue weighted by atomic mass is 35.5. The Morgan fingerprint density at radius 3 is 1.96 bits per heavy atom. The monoisotopic (exact) mass is 362 g/mol. The molecule has 0 aromatic heterocycles. The normalized spacial score (nSPS) is 11.0. The fourth-order valence-corrected chi connectivity index (χ4v) is 2.41. The van der Waals surface area contributed by atoms with Gasteiger partial charge in [-0.2, -0.15) is 0 Å². The number of halogens is 1. The fourth-order valence-electron chi connectivity index (χ4n) is 2.29. The van der Waals surface area contributed by atoms with Gasteiger partial charge in [-0.1, -0.05) is 60.1 Å². The topological polar surface area (TPSA) is 58.5 Å². The first-order valence-corrected chi connectivity index (χ1v) is 8.32. The number of nitrogens with zero attached hydrogens (tertiary/aromatic N) is 1. The number of hydrogen-bond donors (Lipinski definition) is 1. The molecule has 3 aromatic rings. The lowest BCUT2D eigenvalue weighted by molar-refractivity contribution is -0.110. The van der Waals surface area contributed by atoms with Gasteiger partial charge in [-0.05, 0) is 36.4 Å². The minimum absolute atomic E-state index is 0.183. The molecular formula is C21H15ClN2O2. The van der Waals surface area contributed by atoms with Gasteiger partial charge in [0.2, 0.25) is 5.78 Å². The zero-order valence-corrected chi connectivity index (χ0v) is 14.5. The summed E-state index contributed by atoms with van der Waals surface area (Å²) in [5.74, 6) is -1.02. The van der Waals surface area contributed by atoms with Crippen LogP contribution in [0.5, 0.6) is 0 Å². The average molecular weight is 363 g/mol. The van der Waals surface area contributed by atoms with E-state index >= 15 is 0 Å². The van der Waals surface area contributed by atoms with Crippen LogP contribution in [0.4, 0.5) is 11.4 Å². The van der Waals surface area contributed by atoms with E-state index in [9.17, 15) is 9.59 Å². The molecule has 0 aliphatic rings. The SMILES string of the molecule is O=C(Nc1ccc(Cl)cc1)C(=Nc1ccccc1)C(=O)c1ccccc1. The molecule has 0 fully saturated rings. The molecule has 0 saturated heterocycles. The highest BCUT2D eigenvalue weighted by molar-refractivity contribution is 6.70. The molecular weight excluding hydrogens is 348 g/mol. The Balaban J connectivity index is 1.94. The number of amides is 1. The van der Waals surface area contributed by atoms with E-state index in [1.54, 1.807) is 78.9 Å². The molecule has 26 heavy (non-hydrogen) atoms. The van der Waals surface area contributed by atoms with Crippen LogP contribution in [0.25, 0.3) is 0 Å². The number of anilines is 1.